The van der Waals surface area contributed by atoms with Crippen molar-refractivity contribution in [3.05, 3.63) is 257 Å². The molecule has 8 aromatic carbocycles. The largest absolute Gasteiger partial charge is 0.497 e. The summed E-state index contributed by atoms with van der Waals surface area (Å²) < 4.78 is 173. The van der Waals surface area contributed by atoms with Crippen LogP contribution in [0.15, 0.2) is 206 Å². The molecule has 13 rings (SSSR count). The number of methoxy groups -OCH3 is 6. The van der Waals surface area contributed by atoms with E-state index < -0.39 is 88.1 Å². The van der Waals surface area contributed by atoms with Gasteiger partial charge in [-0.05, 0) is 137 Å². The molecule has 5 fully saturated rings. The second-order valence-corrected chi connectivity index (χ2v) is 33.4. The van der Waals surface area contributed by atoms with Crippen molar-refractivity contribution < 1.29 is 110 Å². The van der Waals surface area contributed by atoms with E-state index in [4.69, 9.17) is 88.3 Å². The molecule has 0 aromatic heterocycles. The average Bonchev–Trinajstić information content (AvgIpc) is 1.52. The minimum atomic E-state index is -4.99. The fourth-order valence-electron chi connectivity index (χ4n) is 16.2. The summed E-state index contributed by atoms with van der Waals surface area (Å²) in [5.74, 6) is 6.99. The highest BCUT2D eigenvalue weighted by atomic mass is 32.3. The second kappa shape index (κ2) is 47.0. The third kappa shape index (κ3) is 27.6. The van der Waals surface area contributed by atoms with Crippen LogP contribution in [0.5, 0.6) is 34.5 Å². The van der Waals surface area contributed by atoms with Crippen molar-refractivity contribution in [3.8, 4) is 34.5 Å². The van der Waals surface area contributed by atoms with Gasteiger partial charge in [0.15, 0.2) is 12.6 Å². The van der Waals surface area contributed by atoms with Crippen molar-refractivity contribution in [1.29, 1.82) is 0 Å². The first-order valence-corrected chi connectivity index (χ1v) is 44.0. The molecule has 121 heavy (non-hydrogen) atoms. The summed E-state index contributed by atoms with van der Waals surface area (Å²) in [5.41, 5.74) is 7.34. The Balaban J connectivity index is 0.000000217. The van der Waals surface area contributed by atoms with Gasteiger partial charge >= 0.3 is 20.8 Å². The van der Waals surface area contributed by atoms with Gasteiger partial charge in [0.25, 0.3) is 0 Å². The van der Waals surface area contributed by atoms with Gasteiger partial charge in [-0.3, -0.25) is 4.55 Å². The molecule has 658 valence electrons. The fourth-order valence-corrected chi connectivity index (χ4v) is 17.8. The molecule has 3 aliphatic heterocycles. The fraction of sp³-hybridized carbons (Fsp3) is 0.484. The highest BCUT2D eigenvalue weighted by molar-refractivity contribution is 7.82. The maximum Gasteiger partial charge on any atom is 0.400 e. The molecule has 0 bridgehead atoms. The molecular weight excluding hydrogens is 1590 g/mol. The Morgan fingerprint density at radius 3 is 1.22 bits per heavy atom. The van der Waals surface area contributed by atoms with E-state index in [1.807, 2.05) is 208 Å². The predicted molar refractivity (Wildman–Crippen MR) is 458 cm³/mol. The van der Waals surface area contributed by atoms with Crippen LogP contribution in [0.1, 0.15) is 145 Å². The van der Waals surface area contributed by atoms with E-state index in [1.54, 1.807) is 42.7 Å². The van der Waals surface area contributed by atoms with Gasteiger partial charge in [-0.25, -0.2) is 12.5 Å². The van der Waals surface area contributed by atoms with Crippen LogP contribution in [0.3, 0.4) is 0 Å². The SMILES string of the molecule is C.CC[C@H]1CC[C@@H](OCc2ccc(OC)cc2)[C@@H]1C.CC[C@H]1[C+](C[C@@H](C)C(OS(=O)(=O)O)[C@H](OCc2ccc(OC)cc2)[C@@H]2OC(c3ccccc3)OC[C@@H]2OCc2ccc(OC)cc2)C[C@@H](OCc2ccc(OC)cc2)[C@@H]1C.COc1ccc(CO[C@@H]([C@@H]2OS(=O)(=O)OC[C@H]2C)[C@@H]2OC(c3ccccc3)OC[C@@H]2OCc2ccc(OC)cc2)cc1. The maximum atomic E-state index is 12.9. The van der Waals surface area contributed by atoms with E-state index >= 15 is 0 Å². The minimum Gasteiger partial charge on any atom is -0.497 e. The summed E-state index contributed by atoms with van der Waals surface area (Å²) in [4.78, 5) is 0. The van der Waals surface area contributed by atoms with Crippen LogP contribution in [0.4, 0.5) is 0 Å². The number of benzene rings is 8. The molecule has 2 saturated carbocycles. The van der Waals surface area contributed by atoms with Gasteiger partial charge in [0.2, 0.25) is 0 Å². The van der Waals surface area contributed by atoms with Crippen molar-refractivity contribution in [1.82, 2.24) is 0 Å². The van der Waals surface area contributed by atoms with Crippen LogP contribution in [0.2, 0.25) is 0 Å². The Kier molecular flexibility index (Phi) is 36.9. The zero-order chi connectivity index (χ0) is 85.1. The first-order chi connectivity index (χ1) is 58.1. The summed E-state index contributed by atoms with van der Waals surface area (Å²) >= 11 is 0. The zero-order valence-electron chi connectivity index (χ0n) is 70.8. The van der Waals surface area contributed by atoms with Crippen LogP contribution in [0, 0.1) is 41.4 Å². The molecule has 1 N–H and O–H groups in total. The van der Waals surface area contributed by atoms with Gasteiger partial charge in [-0.1, -0.05) is 189 Å². The summed E-state index contributed by atoms with van der Waals surface area (Å²) in [7, 11) is 0.546. The van der Waals surface area contributed by atoms with Crippen molar-refractivity contribution >= 4 is 20.8 Å². The topological polar surface area (TPSA) is 264 Å². The Bertz CT molecular complexity index is 4520. The quantitative estimate of drug-likeness (QED) is 0.0280. The number of hydrogen-bond donors (Lipinski definition) is 1. The molecule has 3 saturated heterocycles. The molecule has 0 amide bonds. The average molecular weight is 1710 g/mol. The molecule has 24 nitrogen and oxygen atoms in total. The molecule has 3 heterocycles. The minimum absolute atomic E-state index is 0. The van der Waals surface area contributed by atoms with Crippen LogP contribution >= 0.6 is 0 Å². The van der Waals surface area contributed by atoms with Gasteiger partial charge in [-0.15, -0.1) is 0 Å². The van der Waals surface area contributed by atoms with Crippen molar-refractivity contribution in [2.45, 2.75) is 201 Å². The van der Waals surface area contributed by atoms with E-state index in [1.165, 1.54) is 30.7 Å². The summed E-state index contributed by atoms with van der Waals surface area (Å²) in [6.45, 7) is 14.9. The summed E-state index contributed by atoms with van der Waals surface area (Å²) in [5, 5.41) is 0. The van der Waals surface area contributed by atoms with Crippen LogP contribution in [-0.2, 0) is 120 Å². The first kappa shape index (κ1) is 95.0. The smallest absolute Gasteiger partial charge is 0.400 e. The Morgan fingerprint density at radius 1 is 0.455 bits per heavy atom. The normalized spacial score (nSPS) is 24.9. The highest BCUT2D eigenvalue weighted by Gasteiger charge is 2.54. The summed E-state index contributed by atoms with van der Waals surface area (Å²) in [6.07, 6.45) is -2.23. The highest BCUT2D eigenvalue weighted by Crippen LogP contribution is 2.48. The van der Waals surface area contributed by atoms with E-state index in [9.17, 15) is 21.4 Å². The number of rotatable bonds is 37. The second-order valence-electron chi connectivity index (χ2n) is 31.1. The van der Waals surface area contributed by atoms with Crippen molar-refractivity contribution in [2.75, 3.05) is 62.5 Å². The van der Waals surface area contributed by atoms with Gasteiger partial charge < -0.3 is 75.8 Å². The molecular formula is C95H123O24S2+. The van der Waals surface area contributed by atoms with Crippen LogP contribution in [0.25, 0.3) is 0 Å². The van der Waals surface area contributed by atoms with Crippen LogP contribution < -0.4 is 28.4 Å². The van der Waals surface area contributed by atoms with Gasteiger partial charge in [0, 0.05) is 28.9 Å². The molecule has 26 heteroatoms. The number of hydrogen-bond acceptors (Lipinski definition) is 23. The van der Waals surface area contributed by atoms with E-state index in [2.05, 4.69) is 39.8 Å². The number of ether oxygens (including phenoxy) is 16. The zero-order valence-corrected chi connectivity index (χ0v) is 72.4. The molecule has 0 spiro atoms. The van der Waals surface area contributed by atoms with E-state index in [-0.39, 0.29) is 77.5 Å². The molecule has 2 aliphatic carbocycles. The maximum absolute atomic E-state index is 12.9. The third-order valence-electron chi connectivity index (χ3n) is 23.2. The lowest BCUT2D eigenvalue weighted by Crippen LogP contribution is -2.57. The monoisotopic (exact) mass is 1710 g/mol. The van der Waals surface area contributed by atoms with Crippen molar-refractivity contribution in [3.63, 3.8) is 0 Å². The lowest BCUT2D eigenvalue weighted by molar-refractivity contribution is -0.300. The van der Waals surface area contributed by atoms with E-state index in [0.29, 0.717) is 48.7 Å². The molecule has 18 atom stereocenters. The molecule has 0 radical (unpaired) electrons. The summed E-state index contributed by atoms with van der Waals surface area (Å²) in [6, 6.07) is 64.9. The van der Waals surface area contributed by atoms with Gasteiger partial charge in [-0.2, -0.15) is 16.8 Å². The predicted octanol–water partition coefficient (Wildman–Crippen LogP) is 18.0. The Hall–Kier alpha value is -8.23. The van der Waals surface area contributed by atoms with Gasteiger partial charge in [0.05, 0.1) is 121 Å². The Morgan fingerprint density at radius 2 is 0.835 bits per heavy atom. The van der Waals surface area contributed by atoms with E-state index in [0.717, 1.165) is 75.1 Å². The van der Waals surface area contributed by atoms with Crippen molar-refractivity contribution in [2.24, 2.45) is 35.5 Å². The van der Waals surface area contributed by atoms with Crippen LogP contribution in [-0.4, -0.2) is 145 Å². The molecule has 8 aromatic rings. The molecule has 3 unspecified atom stereocenters. The lowest BCUT2D eigenvalue weighted by atomic mass is 9.80. The molecule has 5 aliphatic rings. The lowest BCUT2D eigenvalue weighted by Gasteiger charge is -2.44. The first-order valence-electron chi connectivity index (χ1n) is 41.3. The third-order valence-corrected chi connectivity index (χ3v) is 24.6. The standard InChI is InChI=1S/C47H58O12S.C31H36O10S.C16H24O2.CH4/c1-7-41-32(3)42(54-27-33-13-19-38(51-4)20-14-33)26-37(41)25-31(2)44(59-60(48,49)50)46(56-29-35-17-23-40(53-6)24-18-35)45-43(55-28-34-15-21-39(52-5)22-16-34)30-57-47(58-45)36-11-9-8-10-12-36;1-21-17-39-42(32,33)41-28(21)30(37-19-23-11-15-26(35-3)16-12-23)29-27(36-18-22-9-13-25(34-2)14-10-22)20-38-31(40-29)24-7-5-4-6-8-24;1-4-14-7-10-16(12(14)2)18-11-13-5-8-15(17-3)9-6-13;/h8-24,31-32,41-47H,7,25-30H2,1-6H3;4-16,21,27-31H,17-20H2,1-3H3;5-6,8-9,12,14,16H,4,7,10-11H2,1-3H3;1H4/p+1/t31-,32-,41-,42-,43+,44?,45-,46+,47?;21-,27+,28-,29-,30+,31?;12-,14+,16-;/m111./s1. The Labute approximate surface area is 716 Å². The van der Waals surface area contributed by atoms with Gasteiger partial charge in [0.1, 0.15) is 102 Å².